The minimum Gasteiger partial charge on any atom is -0.325 e. The van der Waals surface area contributed by atoms with Crippen LogP contribution in [0.4, 0.5) is 5.69 Å². The summed E-state index contributed by atoms with van der Waals surface area (Å²) in [6, 6.07) is 4.03. The molecule has 2 N–H and O–H groups in total. The second kappa shape index (κ2) is 4.82. The molecule has 0 saturated carbocycles. The van der Waals surface area contributed by atoms with Crippen molar-refractivity contribution < 1.29 is 17.8 Å². The van der Waals surface area contributed by atoms with Crippen molar-refractivity contribution in [3.8, 4) is 0 Å². The quantitative estimate of drug-likeness (QED) is 0.638. The molecule has 5 nitrogen and oxygen atoms in total. The molecule has 0 radical (unpaired) electrons. The minimum absolute atomic E-state index is 0.181. The van der Waals surface area contributed by atoms with Gasteiger partial charge < -0.3 is 5.32 Å². The zero-order valence-corrected chi connectivity index (χ0v) is 9.97. The summed E-state index contributed by atoms with van der Waals surface area (Å²) >= 11 is 5.30. The number of anilines is 1. The molecule has 16 heavy (non-hydrogen) atoms. The van der Waals surface area contributed by atoms with Gasteiger partial charge in [-0.1, -0.05) is 0 Å². The van der Waals surface area contributed by atoms with Crippen molar-refractivity contribution in [2.45, 2.75) is 11.8 Å². The Hall–Kier alpha value is -1.11. The lowest BCUT2D eigenvalue weighted by Gasteiger charge is -2.06. The largest absolute Gasteiger partial charge is 0.325 e. The molecule has 0 aliphatic heterocycles. The summed E-state index contributed by atoms with van der Waals surface area (Å²) in [5.74, 6) is -0.570. The molecule has 0 aliphatic carbocycles. The van der Waals surface area contributed by atoms with Crippen LogP contribution in [0.15, 0.2) is 23.1 Å². The van der Waals surface area contributed by atoms with Crippen molar-refractivity contribution in [3.63, 3.8) is 0 Å². The van der Waals surface area contributed by atoms with Gasteiger partial charge in [-0.15, -0.1) is 11.6 Å². The number of hydrogen-bond donors (Lipinski definition) is 2. The van der Waals surface area contributed by atoms with E-state index in [2.05, 4.69) is 5.32 Å². The summed E-state index contributed by atoms with van der Waals surface area (Å²) in [6.07, 6.45) is 0. The first-order valence-corrected chi connectivity index (χ1v) is 6.26. The van der Waals surface area contributed by atoms with Crippen LogP contribution in [-0.2, 0) is 14.9 Å². The van der Waals surface area contributed by atoms with Crippen molar-refractivity contribution in [1.29, 1.82) is 0 Å². The Bertz CT molecular complexity index is 512. The molecular weight excluding hydrogens is 254 g/mol. The van der Waals surface area contributed by atoms with Crippen molar-refractivity contribution in [2.75, 3.05) is 11.2 Å². The van der Waals surface area contributed by atoms with E-state index < -0.39 is 10.1 Å². The summed E-state index contributed by atoms with van der Waals surface area (Å²) < 4.78 is 30.6. The third-order valence-corrected chi connectivity index (χ3v) is 3.11. The Balaban J connectivity index is 3.05. The fraction of sp³-hybridized carbons (Fsp3) is 0.222. The van der Waals surface area contributed by atoms with Crippen LogP contribution in [0.1, 0.15) is 5.56 Å². The van der Waals surface area contributed by atoms with Crippen LogP contribution in [0.25, 0.3) is 0 Å². The van der Waals surface area contributed by atoms with Crippen LogP contribution in [0, 0.1) is 6.92 Å². The number of alkyl halides is 1. The first kappa shape index (κ1) is 13.0. The second-order valence-corrected chi connectivity index (χ2v) is 4.79. The summed E-state index contributed by atoms with van der Waals surface area (Å²) in [5.41, 5.74) is 0.769. The predicted octanol–water partition coefficient (Wildman–Crippen LogP) is 1.42. The van der Waals surface area contributed by atoms with Crippen molar-refractivity contribution >= 4 is 33.3 Å². The standard InChI is InChI=1S/C9H10ClNO4S/c1-6-4-7(11-9(12)5-10)2-3-8(6)16(13,14)15/h2-4H,5H2,1H3,(H,11,12)(H,13,14,15). The first-order chi connectivity index (χ1) is 7.34. The molecule has 1 amide bonds. The van der Waals surface area contributed by atoms with E-state index in [1.54, 1.807) is 0 Å². The Kier molecular flexibility index (Phi) is 3.90. The molecule has 0 atom stereocenters. The highest BCUT2D eigenvalue weighted by Crippen LogP contribution is 2.19. The van der Waals surface area contributed by atoms with Crippen LogP contribution in [0.5, 0.6) is 0 Å². The highest BCUT2D eigenvalue weighted by Gasteiger charge is 2.13. The maximum atomic E-state index is 11.0. The number of carbonyl (C=O) groups is 1. The summed E-state index contributed by atoms with van der Waals surface area (Å²) in [7, 11) is -4.22. The van der Waals surface area contributed by atoms with Gasteiger partial charge in [0.15, 0.2) is 0 Å². The van der Waals surface area contributed by atoms with E-state index in [1.165, 1.54) is 25.1 Å². The number of rotatable bonds is 3. The van der Waals surface area contributed by atoms with E-state index in [0.29, 0.717) is 11.3 Å². The van der Waals surface area contributed by atoms with Gasteiger partial charge in [-0.25, -0.2) is 0 Å². The third-order valence-electron chi connectivity index (χ3n) is 1.86. The van der Waals surface area contributed by atoms with E-state index in [-0.39, 0.29) is 16.7 Å². The predicted molar refractivity (Wildman–Crippen MR) is 60.3 cm³/mol. The zero-order valence-electron chi connectivity index (χ0n) is 8.40. The van der Waals surface area contributed by atoms with Gasteiger partial charge in [-0.05, 0) is 30.7 Å². The Morgan fingerprint density at radius 2 is 2.12 bits per heavy atom. The molecule has 1 rings (SSSR count). The van der Waals surface area contributed by atoms with Gasteiger partial charge in [-0.3, -0.25) is 9.35 Å². The number of nitrogens with one attached hydrogen (secondary N) is 1. The Morgan fingerprint density at radius 3 is 2.56 bits per heavy atom. The molecule has 0 aromatic heterocycles. The molecule has 0 unspecified atom stereocenters. The number of amides is 1. The summed E-state index contributed by atoms with van der Waals surface area (Å²) in [6.45, 7) is 1.51. The average Bonchev–Trinajstić information content (AvgIpc) is 2.15. The number of aryl methyl sites for hydroxylation is 1. The molecule has 0 bridgehead atoms. The van der Waals surface area contributed by atoms with Gasteiger partial charge in [0.25, 0.3) is 10.1 Å². The van der Waals surface area contributed by atoms with Gasteiger partial charge in [0.05, 0.1) is 4.90 Å². The van der Waals surface area contributed by atoms with E-state index in [0.717, 1.165) is 0 Å². The fourth-order valence-electron chi connectivity index (χ4n) is 1.21. The molecule has 0 saturated heterocycles. The van der Waals surface area contributed by atoms with Crippen LogP contribution in [0.2, 0.25) is 0 Å². The molecule has 0 aliphatic rings. The Morgan fingerprint density at radius 1 is 1.50 bits per heavy atom. The Labute approximate surface area is 98.2 Å². The zero-order chi connectivity index (χ0) is 12.3. The maximum Gasteiger partial charge on any atom is 0.294 e. The number of carbonyl (C=O) groups excluding carboxylic acids is 1. The fourth-order valence-corrected chi connectivity index (χ4v) is 1.98. The molecule has 0 fully saturated rings. The van der Waals surface area contributed by atoms with E-state index in [1.807, 2.05) is 0 Å². The minimum atomic E-state index is -4.22. The van der Waals surface area contributed by atoms with Crippen LogP contribution in [-0.4, -0.2) is 24.8 Å². The number of hydrogen-bond acceptors (Lipinski definition) is 3. The molecule has 1 aromatic carbocycles. The van der Waals surface area contributed by atoms with Crippen LogP contribution < -0.4 is 5.32 Å². The molecule has 0 spiro atoms. The summed E-state index contributed by atoms with van der Waals surface area (Å²) in [4.78, 5) is 10.8. The second-order valence-electron chi connectivity index (χ2n) is 3.14. The molecule has 7 heteroatoms. The maximum absolute atomic E-state index is 11.0. The van der Waals surface area contributed by atoms with Crippen LogP contribution >= 0.6 is 11.6 Å². The monoisotopic (exact) mass is 263 g/mol. The van der Waals surface area contributed by atoms with Gasteiger partial charge in [-0.2, -0.15) is 8.42 Å². The topological polar surface area (TPSA) is 83.5 Å². The highest BCUT2D eigenvalue weighted by atomic mass is 35.5. The van der Waals surface area contributed by atoms with Gasteiger partial charge in [0.2, 0.25) is 5.91 Å². The van der Waals surface area contributed by atoms with Gasteiger partial charge in [0.1, 0.15) is 5.88 Å². The molecular formula is C9H10ClNO4S. The highest BCUT2D eigenvalue weighted by molar-refractivity contribution is 7.85. The number of halogens is 1. The van der Waals surface area contributed by atoms with E-state index >= 15 is 0 Å². The smallest absolute Gasteiger partial charge is 0.294 e. The molecule has 1 aromatic rings. The summed E-state index contributed by atoms with van der Waals surface area (Å²) in [5, 5.41) is 2.46. The lowest BCUT2D eigenvalue weighted by Crippen LogP contribution is -2.13. The van der Waals surface area contributed by atoms with Crippen LogP contribution in [0.3, 0.4) is 0 Å². The van der Waals surface area contributed by atoms with Gasteiger partial charge >= 0.3 is 0 Å². The van der Waals surface area contributed by atoms with Gasteiger partial charge in [0, 0.05) is 5.69 Å². The SMILES string of the molecule is Cc1cc(NC(=O)CCl)ccc1S(=O)(=O)O. The lowest BCUT2D eigenvalue weighted by molar-refractivity contribution is -0.113. The van der Waals surface area contributed by atoms with E-state index in [4.69, 9.17) is 16.2 Å². The third kappa shape index (κ3) is 3.19. The lowest BCUT2D eigenvalue weighted by atomic mass is 10.2. The van der Waals surface area contributed by atoms with Crippen molar-refractivity contribution in [3.05, 3.63) is 23.8 Å². The molecule has 88 valence electrons. The van der Waals surface area contributed by atoms with E-state index in [9.17, 15) is 13.2 Å². The first-order valence-electron chi connectivity index (χ1n) is 4.28. The molecule has 0 heterocycles. The van der Waals surface area contributed by atoms with Crippen molar-refractivity contribution in [2.24, 2.45) is 0 Å². The number of benzene rings is 1. The average molecular weight is 264 g/mol. The normalized spacial score (nSPS) is 11.2. The van der Waals surface area contributed by atoms with Crippen molar-refractivity contribution in [1.82, 2.24) is 0 Å².